The number of thiophene rings is 1. The van der Waals surface area contributed by atoms with Crippen LogP contribution in [0.1, 0.15) is 0 Å². The maximum absolute atomic E-state index is 5.47. The van der Waals surface area contributed by atoms with E-state index in [0.717, 1.165) is 27.8 Å². The van der Waals surface area contributed by atoms with Crippen LogP contribution in [-0.2, 0) is 0 Å². The van der Waals surface area contributed by atoms with Crippen LogP contribution in [0.3, 0.4) is 0 Å². The third-order valence-corrected chi connectivity index (χ3v) is 6.20. The highest BCUT2D eigenvalue weighted by Crippen LogP contribution is 2.40. The van der Waals surface area contributed by atoms with Crippen LogP contribution >= 0.6 is 34.4 Å². The molecule has 0 aliphatic rings. The number of hydrogen-bond donors (Lipinski definition) is 0. The van der Waals surface area contributed by atoms with Gasteiger partial charge in [-0.3, -0.25) is 0 Å². The number of thiazole rings is 1. The number of thioether (sulfide) groups is 1. The van der Waals surface area contributed by atoms with E-state index in [0.29, 0.717) is 0 Å². The van der Waals surface area contributed by atoms with E-state index in [1.54, 1.807) is 48.7 Å². The standard InChI is InChI=1S/C16H15NO2S3/c1-18-10-4-5-11(14(8-10)19-2)13-9-22-15(17-13)12-6-7-21-16(12)20-3/h4-9H,1-3H3. The van der Waals surface area contributed by atoms with Crippen molar-refractivity contribution in [1.82, 2.24) is 4.98 Å². The fourth-order valence-electron chi connectivity index (χ4n) is 2.14. The first-order chi connectivity index (χ1) is 10.8. The van der Waals surface area contributed by atoms with E-state index in [1.165, 1.54) is 9.77 Å². The summed E-state index contributed by atoms with van der Waals surface area (Å²) in [5.74, 6) is 1.55. The van der Waals surface area contributed by atoms with E-state index in [-0.39, 0.29) is 0 Å². The third kappa shape index (κ3) is 2.86. The first-order valence-electron chi connectivity index (χ1n) is 6.56. The lowest BCUT2D eigenvalue weighted by Gasteiger charge is -2.08. The van der Waals surface area contributed by atoms with Crippen LogP contribution in [0, 0.1) is 0 Å². The second-order valence-electron chi connectivity index (χ2n) is 4.43. The topological polar surface area (TPSA) is 31.4 Å². The molecule has 2 aromatic heterocycles. The summed E-state index contributed by atoms with van der Waals surface area (Å²) in [6.45, 7) is 0. The molecule has 0 N–H and O–H groups in total. The summed E-state index contributed by atoms with van der Waals surface area (Å²) < 4.78 is 12.0. The summed E-state index contributed by atoms with van der Waals surface area (Å²) in [5, 5.41) is 5.22. The van der Waals surface area contributed by atoms with Gasteiger partial charge in [0.1, 0.15) is 16.5 Å². The third-order valence-electron chi connectivity index (χ3n) is 3.23. The predicted octanol–water partition coefficient (Wildman–Crippen LogP) is 5.28. The van der Waals surface area contributed by atoms with Gasteiger partial charge in [-0.25, -0.2) is 4.98 Å². The number of nitrogens with zero attached hydrogens (tertiary/aromatic N) is 1. The Morgan fingerprint density at radius 1 is 1.05 bits per heavy atom. The Bertz CT molecular complexity index is 779. The van der Waals surface area contributed by atoms with E-state index in [4.69, 9.17) is 14.5 Å². The van der Waals surface area contributed by atoms with Crippen molar-refractivity contribution in [2.75, 3.05) is 20.5 Å². The highest BCUT2D eigenvalue weighted by atomic mass is 32.2. The van der Waals surface area contributed by atoms with Crippen LogP contribution in [0.4, 0.5) is 0 Å². The molecule has 0 aliphatic heterocycles. The SMILES string of the molecule is COc1ccc(-c2csc(-c3ccsc3SC)n2)c(OC)c1. The van der Waals surface area contributed by atoms with Gasteiger partial charge in [0.15, 0.2) is 0 Å². The molecule has 0 amide bonds. The average molecular weight is 350 g/mol. The summed E-state index contributed by atoms with van der Waals surface area (Å²) in [7, 11) is 3.31. The number of aromatic nitrogens is 1. The first kappa shape index (κ1) is 15.4. The zero-order valence-electron chi connectivity index (χ0n) is 12.5. The molecule has 0 fully saturated rings. The molecular formula is C16H15NO2S3. The van der Waals surface area contributed by atoms with Gasteiger partial charge in [0, 0.05) is 22.6 Å². The highest BCUT2D eigenvalue weighted by molar-refractivity contribution is 8.00. The quantitative estimate of drug-likeness (QED) is 0.587. The van der Waals surface area contributed by atoms with E-state index in [2.05, 4.69) is 23.1 Å². The Balaban J connectivity index is 2.01. The summed E-state index contributed by atoms with van der Waals surface area (Å²) in [6, 6.07) is 7.92. The number of rotatable bonds is 5. The molecule has 0 spiro atoms. The van der Waals surface area contributed by atoms with Crippen LogP contribution in [0.5, 0.6) is 11.5 Å². The van der Waals surface area contributed by atoms with Gasteiger partial charge in [0.2, 0.25) is 0 Å². The van der Waals surface area contributed by atoms with Gasteiger partial charge in [-0.1, -0.05) is 0 Å². The van der Waals surface area contributed by atoms with Crippen LogP contribution in [0.15, 0.2) is 39.2 Å². The Morgan fingerprint density at radius 2 is 1.91 bits per heavy atom. The van der Waals surface area contributed by atoms with Crippen molar-refractivity contribution >= 4 is 34.4 Å². The number of benzene rings is 1. The fraction of sp³-hybridized carbons (Fsp3) is 0.188. The molecule has 3 nitrogen and oxygen atoms in total. The normalized spacial score (nSPS) is 10.7. The molecule has 0 aliphatic carbocycles. The van der Waals surface area contributed by atoms with Crippen molar-refractivity contribution in [1.29, 1.82) is 0 Å². The van der Waals surface area contributed by atoms with Crippen molar-refractivity contribution in [3.63, 3.8) is 0 Å². The Labute approximate surface area is 141 Å². The number of hydrogen-bond acceptors (Lipinski definition) is 6. The Hall–Kier alpha value is -1.50. The van der Waals surface area contributed by atoms with Crippen LogP contribution in [-0.4, -0.2) is 25.5 Å². The van der Waals surface area contributed by atoms with E-state index >= 15 is 0 Å². The van der Waals surface area contributed by atoms with Gasteiger partial charge in [-0.05, 0) is 29.8 Å². The molecule has 114 valence electrons. The largest absolute Gasteiger partial charge is 0.497 e. The smallest absolute Gasteiger partial charge is 0.131 e. The van der Waals surface area contributed by atoms with Crippen LogP contribution < -0.4 is 9.47 Å². The second-order valence-corrected chi connectivity index (χ2v) is 7.28. The molecule has 0 saturated carbocycles. The fourth-order valence-corrected chi connectivity index (χ4v) is 4.68. The van der Waals surface area contributed by atoms with Crippen LogP contribution in [0.25, 0.3) is 21.8 Å². The molecular weight excluding hydrogens is 334 g/mol. The zero-order valence-corrected chi connectivity index (χ0v) is 14.9. The van der Waals surface area contributed by atoms with Crippen molar-refractivity contribution in [2.24, 2.45) is 0 Å². The molecule has 0 atom stereocenters. The highest BCUT2D eigenvalue weighted by Gasteiger charge is 2.14. The molecule has 0 bridgehead atoms. The van der Waals surface area contributed by atoms with Crippen molar-refractivity contribution < 1.29 is 9.47 Å². The lowest BCUT2D eigenvalue weighted by atomic mass is 10.1. The Morgan fingerprint density at radius 3 is 2.64 bits per heavy atom. The number of ether oxygens (including phenoxy) is 2. The van der Waals surface area contributed by atoms with E-state index in [1.807, 2.05) is 18.2 Å². The van der Waals surface area contributed by atoms with Gasteiger partial charge < -0.3 is 9.47 Å². The van der Waals surface area contributed by atoms with Gasteiger partial charge in [-0.2, -0.15) is 0 Å². The van der Waals surface area contributed by atoms with Gasteiger partial charge in [0.05, 0.1) is 24.1 Å². The van der Waals surface area contributed by atoms with Gasteiger partial charge in [-0.15, -0.1) is 34.4 Å². The van der Waals surface area contributed by atoms with E-state index in [9.17, 15) is 0 Å². The predicted molar refractivity (Wildman–Crippen MR) is 95.7 cm³/mol. The molecule has 3 aromatic rings. The summed E-state index contributed by atoms with van der Waals surface area (Å²) in [4.78, 5) is 4.79. The molecule has 6 heteroatoms. The van der Waals surface area contributed by atoms with Crippen molar-refractivity contribution in [3.8, 4) is 33.3 Å². The maximum Gasteiger partial charge on any atom is 0.131 e. The molecule has 0 unspecified atom stereocenters. The summed E-state index contributed by atoms with van der Waals surface area (Å²) in [5.41, 5.74) is 3.12. The molecule has 0 radical (unpaired) electrons. The first-order valence-corrected chi connectivity index (χ1v) is 9.55. The van der Waals surface area contributed by atoms with Gasteiger partial charge in [0.25, 0.3) is 0 Å². The zero-order chi connectivity index (χ0) is 15.5. The average Bonchev–Trinajstić information content (AvgIpc) is 3.22. The van der Waals surface area contributed by atoms with Gasteiger partial charge >= 0.3 is 0 Å². The molecule has 2 heterocycles. The minimum atomic E-state index is 0.770. The molecule has 22 heavy (non-hydrogen) atoms. The lowest BCUT2D eigenvalue weighted by molar-refractivity contribution is 0.395. The summed E-state index contributed by atoms with van der Waals surface area (Å²) >= 11 is 5.17. The number of methoxy groups -OCH3 is 2. The monoisotopic (exact) mass is 349 g/mol. The van der Waals surface area contributed by atoms with Crippen molar-refractivity contribution in [2.45, 2.75) is 4.21 Å². The minimum absolute atomic E-state index is 0.770. The van der Waals surface area contributed by atoms with E-state index < -0.39 is 0 Å². The van der Waals surface area contributed by atoms with Crippen molar-refractivity contribution in [3.05, 3.63) is 35.0 Å². The molecule has 0 saturated heterocycles. The van der Waals surface area contributed by atoms with Crippen LogP contribution in [0.2, 0.25) is 0 Å². The lowest BCUT2D eigenvalue weighted by Crippen LogP contribution is -1.90. The summed E-state index contributed by atoms with van der Waals surface area (Å²) in [6.07, 6.45) is 2.09. The maximum atomic E-state index is 5.47. The second kappa shape index (κ2) is 6.73. The molecule has 1 aromatic carbocycles. The molecule has 3 rings (SSSR count). The Kier molecular flexibility index (Phi) is 4.71. The minimum Gasteiger partial charge on any atom is -0.497 e.